The Morgan fingerprint density at radius 1 is 1.28 bits per heavy atom. The smallest absolute Gasteiger partial charge is 0.407 e. The first-order valence-corrected chi connectivity index (χ1v) is 10.8. The van der Waals surface area contributed by atoms with Gasteiger partial charge in [-0.05, 0) is 49.6 Å². The number of nitrogens with one attached hydrogen (secondary N) is 1. The van der Waals surface area contributed by atoms with Crippen molar-refractivity contribution in [2.45, 2.75) is 31.3 Å². The summed E-state index contributed by atoms with van der Waals surface area (Å²) in [6, 6.07) is 9.82. The number of hydrogen-bond acceptors (Lipinski definition) is 3. The van der Waals surface area contributed by atoms with Crippen LogP contribution in [0.2, 0.25) is 5.02 Å². The number of benzene rings is 2. The van der Waals surface area contributed by atoms with Crippen molar-refractivity contribution in [1.29, 1.82) is 0 Å². The Kier molecular flexibility index (Phi) is 6.01. The number of halogens is 2. The second-order valence-electron chi connectivity index (χ2n) is 8.39. The van der Waals surface area contributed by atoms with Gasteiger partial charge in [-0.25, -0.2) is 14.0 Å². The number of aromatic nitrogens is 2. The van der Waals surface area contributed by atoms with Gasteiger partial charge in [-0.2, -0.15) is 0 Å². The Balaban J connectivity index is 1.62. The summed E-state index contributed by atoms with van der Waals surface area (Å²) >= 11 is 6.30. The van der Waals surface area contributed by atoms with E-state index in [0.717, 1.165) is 11.1 Å². The highest BCUT2D eigenvalue weighted by molar-refractivity contribution is 6.31. The predicted octanol–water partition coefficient (Wildman–Crippen LogP) is 4.45. The number of amides is 1. The first-order valence-electron chi connectivity index (χ1n) is 10.4. The number of aromatic amines is 1. The molecule has 2 N–H and O–H groups in total. The Morgan fingerprint density at radius 2 is 1.94 bits per heavy atom. The average Bonchev–Trinajstić information content (AvgIpc) is 3.06. The largest absolute Gasteiger partial charge is 0.465 e. The van der Waals surface area contributed by atoms with Crippen LogP contribution in [0.25, 0.3) is 11.0 Å². The molecule has 1 aliphatic rings. The number of carboxylic acid groups (broad SMARTS) is 1. The van der Waals surface area contributed by atoms with E-state index in [1.165, 1.54) is 21.6 Å². The fraction of sp³-hybridized carbons (Fsp3) is 0.391. The summed E-state index contributed by atoms with van der Waals surface area (Å²) in [4.78, 5) is 27.8. The van der Waals surface area contributed by atoms with Crippen LogP contribution >= 0.6 is 11.6 Å². The molecule has 0 radical (unpaired) electrons. The lowest BCUT2D eigenvalue weighted by atomic mass is 9.73. The van der Waals surface area contributed by atoms with Crippen molar-refractivity contribution in [3.8, 4) is 0 Å². The Bertz CT molecular complexity index is 1200. The summed E-state index contributed by atoms with van der Waals surface area (Å²) < 4.78 is 21.4. The van der Waals surface area contributed by atoms with Crippen LogP contribution in [-0.2, 0) is 17.2 Å². The van der Waals surface area contributed by atoms with E-state index in [9.17, 15) is 19.1 Å². The molecule has 9 heteroatoms. The number of likely N-dealkylation sites (tertiary alicyclic amines) is 1. The maximum absolute atomic E-state index is 13.5. The summed E-state index contributed by atoms with van der Waals surface area (Å²) in [5.41, 5.74) is 2.36. The Labute approximate surface area is 189 Å². The van der Waals surface area contributed by atoms with Gasteiger partial charge in [0.15, 0.2) is 0 Å². The summed E-state index contributed by atoms with van der Waals surface area (Å²) in [7, 11) is 1.67. The van der Waals surface area contributed by atoms with Crippen molar-refractivity contribution in [3.05, 3.63) is 68.8 Å². The van der Waals surface area contributed by atoms with E-state index in [4.69, 9.17) is 16.3 Å². The zero-order chi connectivity index (χ0) is 23.0. The van der Waals surface area contributed by atoms with Crippen molar-refractivity contribution in [3.63, 3.8) is 0 Å². The standard InChI is InChI=1S/C23H25ClFN3O4/c1-14(18-11-16(24)12-19-20(18)26-21(29)27(19)2)32-13-23(15-3-5-17(25)6-4-15)7-9-28(10-8-23)22(30)31/h3-6,11-12,14H,7-10,13H2,1-2H3,(H,26,29)(H,30,31). The fourth-order valence-electron chi connectivity index (χ4n) is 4.45. The molecule has 170 valence electrons. The molecule has 2 aromatic carbocycles. The summed E-state index contributed by atoms with van der Waals surface area (Å²) in [6.45, 7) is 2.95. The van der Waals surface area contributed by atoms with Gasteiger partial charge in [0, 0.05) is 36.1 Å². The van der Waals surface area contributed by atoms with Gasteiger partial charge < -0.3 is 19.7 Å². The van der Waals surface area contributed by atoms with Crippen LogP contribution in [0.4, 0.5) is 9.18 Å². The summed E-state index contributed by atoms with van der Waals surface area (Å²) in [5.74, 6) is -0.324. The van der Waals surface area contributed by atoms with Gasteiger partial charge in [0.05, 0.1) is 23.7 Å². The van der Waals surface area contributed by atoms with Crippen LogP contribution < -0.4 is 5.69 Å². The Hall–Kier alpha value is -2.84. The van der Waals surface area contributed by atoms with Crippen molar-refractivity contribution < 1.29 is 19.0 Å². The normalized spacial score (nSPS) is 16.9. The molecule has 1 aromatic heterocycles. The molecule has 1 aliphatic heterocycles. The maximum atomic E-state index is 13.5. The number of imidazole rings is 1. The SMILES string of the molecule is CC(OCC1(c2ccc(F)cc2)CCN(C(=O)O)CC1)c1cc(Cl)cc2c1[nH]c(=O)n2C. The number of aryl methyl sites for hydroxylation is 1. The van der Waals surface area contributed by atoms with E-state index in [1.54, 1.807) is 31.3 Å². The minimum Gasteiger partial charge on any atom is -0.465 e. The topological polar surface area (TPSA) is 87.6 Å². The molecule has 0 aliphatic carbocycles. The zero-order valence-corrected chi connectivity index (χ0v) is 18.7. The third-order valence-corrected chi connectivity index (χ3v) is 6.72. The van der Waals surface area contributed by atoms with Crippen LogP contribution in [0.5, 0.6) is 0 Å². The van der Waals surface area contributed by atoms with E-state index in [0.29, 0.717) is 48.6 Å². The highest BCUT2D eigenvalue weighted by Gasteiger charge is 2.38. The van der Waals surface area contributed by atoms with E-state index in [2.05, 4.69) is 4.98 Å². The zero-order valence-electron chi connectivity index (χ0n) is 17.9. The molecule has 1 unspecified atom stereocenters. The second-order valence-corrected chi connectivity index (χ2v) is 8.82. The molecule has 0 bridgehead atoms. The van der Waals surface area contributed by atoms with Crippen LogP contribution in [0.15, 0.2) is 41.2 Å². The van der Waals surface area contributed by atoms with Gasteiger partial charge in [-0.15, -0.1) is 0 Å². The maximum Gasteiger partial charge on any atom is 0.407 e. The number of ether oxygens (including phenoxy) is 1. The van der Waals surface area contributed by atoms with Gasteiger partial charge in [0.2, 0.25) is 0 Å². The molecule has 1 atom stereocenters. The third kappa shape index (κ3) is 4.12. The number of hydrogen-bond donors (Lipinski definition) is 2. The lowest BCUT2D eigenvalue weighted by molar-refractivity contribution is 0.00557. The van der Waals surface area contributed by atoms with E-state index < -0.39 is 11.5 Å². The number of fused-ring (bicyclic) bond motifs is 1. The van der Waals surface area contributed by atoms with Crippen LogP contribution in [0.3, 0.4) is 0 Å². The molecule has 32 heavy (non-hydrogen) atoms. The molecular weight excluding hydrogens is 437 g/mol. The fourth-order valence-corrected chi connectivity index (χ4v) is 4.68. The lowest BCUT2D eigenvalue weighted by Crippen LogP contribution is -2.47. The lowest BCUT2D eigenvalue weighted by Gasteiger charge is -2.41. The molecule has 2 heterocycles. The number of carbonyl (C=O) groups is 1. The molecule has 7 nitrogen and oxygen atoms in total. The van der Waals surface area contributed by atoms with Crippen LogP contribution in [0, 0.1) is 5.82 Å². The van der Waals surface area contributed by atoms with Crippen LogP contribution in [-0.4, -0.2) is 45.3 Å². The van der Waals surface area contributed by atoms with Gasteiger partial charge in [0.1, 0.15) is 5.82 Å². The first kappa shape index (κ1) is 22.4. The van der Waals surface area contributed by atoms with Gasteiger partial charge in [-0.1, -0.05) is 23.7 Å². The van der Waals surface area contributed by atoms with Gasteiger partial charge in [-0.3, -0.25) is 4.57 Å². The number of H-pyrrole nitrogens is 1. The molecule has 4 rings (SSSR count). The van der Waals surface area contributed by atoms with E-state index in [1.807, 2.05) is 6.92 Å². The molecular formula is C23H25ClFN3O4. The second kappa shape index (κ2) is 8.60. The number of rotatable bonds is 5. The van der Waals surface area contributed by atoms with Crippen molar-refractivity contribution in [2.24, 2.45) is 7.05 Å². The quantitative estimate of drug-likeness (QED) is 0.587. The average molecular weight is 462 g/mol. The summed E-state index contributed by atoms with van der Waals surface area (Å²) in [6.07, 6.45) is -0.208. The molecule has 1 fully saturated rings. The van der Waals surface area contributed by atoms with Crippen molar-refractivity contribution in [1.82, 2.24) is 14.5 Å². The molecule has 1 amide bonds. The van der Waals surface area contributed by atoms with Crippen molar-refractivity contribution >= 4 is 28.7 Å². The van der Waals surface area contributed by atoms with E-state index in [-0.39, 0.29) is 17.6 Å². The molecule has 1 saturated heterocycles. The van der Waals surface area contributed by atoms with E-state index >= 15 is 0 Å². The van der Waals surface area contributed by atoms with Crippen molar-refractivity contribution in [2.75, 3.05) is 19.7 Å². The predicted molar refractivity (Wildman–Crippen MR) is 120 cm³/mol. The number of nitrogens with zero attached hydrogens (tertiary/aromatic N) is 2. The van der Waals surface area contributed by atoms with Gasteiger partial charge in [0.25, 0.3) is 0 Å². The van der Waals surface area contributed by atoms with Crippen LogP contribution in [0.1, 0.15) is 37.0 Å². The number of piperidine rings is 1. The van der Waals surface area contributed by atoms with Gasteiger partial charge >= 0.3 is 11.8 Å². The minimum atomic E-state index is -0.943. The monoisotopic (exact) mass is 461 g/mol. The molecule has 3 aromatic rings. The minimum absolute atomic E-state index is 0.237. The highest BCUT2D eigenvalue weighted by Crippen LogP contribution is 2.38. The highest BCUT2D eigenvalue weighted by atomic mass is 35.5. The third-order valence-electron chi connectivity index (χ3n) is 6.51. The first-order chi connectivity index (χ1) is 15.2. The Morgan fingerprint density at radius 3 is 2.56 bits per heavy atom. The molecule has 0 spiro atoms. The molecule has 0 saturated carbocycles. The summed E-state index contributed by atoms with van der Waals surface area (Å²) in [5, 5.41) is 9.84.